The zero-order chi connectivity index (χ0) is 17.5. The Morgan fingerprint density at radius 1 is 1.25 bits per heavy atom. The van der Waals surface area contributed by atoms with Gasteiger partial charge in [0.1, 0.15) is 5.75 Å². The van der Waals surface area contributed by atoms with Crippen LogP contribution in [0.25, 0.3) is 0 Å². The maximum Gasteiger partial charge on any atom is 0.318 e. The van der Waals surface area contributed by atoms with Gasteiger partial charge in [0.25, 0.3) is 5.69 Å². The monoisotopic (exact) mass is 351 g/mol. The fraction of sp³-hybridized carbons (Fsp3) is 0.188. The summed E-state index contributed by atoms with van der Waals surface area (Å²) in [6, 6.07) is 9.63. The van der Waals surface area contributed by atoms with Crippen molar-refractivity contribution in [1.82, 2.24) is 0 Å². The number of halogens is 1. The highest BCUT2D eigenvalue weighted by atomic mass is 32.2. The number of rotatable bonds is 7. The van der Waals surface area contributed by atoms with Crippen molar-refractivity contribution >= 4 is 23.7 Å². The molecule has 0 aliphatic rings. The molecule has 0 radical (unpaired) electrons. The van der Waals surface area contributed by atoms with Crippen LogP contribution in [0.1, 0.15) is 19.8 Å². The second kappa shape index (κ2) is 8.30. The maximum absolute atomic E-state index is 13.8. The van der Waals surface area contributed by atoms with Crippen molar-refractivity contribution in [2.45, 2.75) is 24.7 Å². The summed E-state index contributed by atoms with van der Waals surface area (Å²) in [6.07, 6.45) is 1.07. The van der Waals surface area contributed by atoms with E-state index in [-0.39, 0.29) is 17.4 Å². The van der Waals surface area contributed by atoms with E-state index in [0.29, 0.717) is 23.5 Å². The minimum absolute atomic E-state index is 0.115. The van der Waals surface area contributed by atoms with Crippen LogP contribution in [-0.4, -0.2) is 10.9 Å². The van der Waals surface area contributed by atoms with E-state index in [1.54, 1.807) is 24.3 Å². The lowest BCUT2D eigenvalue weighted by Gasteiger charge is -2.07. The Kier molecular flexibility index (Phi) is 6.14. The molecule has 2 aromatic rings. The Labute approximate surface area is 141 Å². The molecule has 0 unspecified atom stereocenters. The Bertz CT molecular complexity index is 736. The molecule has 126 valence electrons. The van der Waals surface area contributed by atoms with Crippen molar-refractivity contribution in [2.75, 3.05) is 0 Å². The largest absolute Gasteiger partial charge is 0.454 e. The number of hydrogen-bond acceptors (Lipinski definition) is 6. The van der Waals surface area contributed by atoms with E-state index >= 15 is 0 Å². The lowest BCUT2D eigenvalue weighted by Crippen LogP contribution is -1.96. The number of benzene rings is 2. The number of carbonyl (C=O) groups excluding carboxylic acids is 1. The minimum atomic E-state index is -0.823. The maximum atomic E-state index is 13.8. The number of carbonyl (C=O) groups is 1. The van der Waals surface area contributed by atoms with Crippen molar-refractivity contribution < 1.29 is 23.0 Å². The summed E-state index contributed by atoms with van der Waals surface area (Å²) >= 11 is 0.938. The van der Waals surface area contributed by atoms with E-state index in [1.807, 2.05) is 6.92 Å². The van der Waals surface area contributed by atoms with Crippen LogP contribution in [0.3, 0.4) is 0 Å². The summed E-state index contributed by atoms with van der Waals surface area (Å²) in [4.78, 5) is 21.9. The quantitative estimate of drug-likeness (QED) is 0.402. The van der Waals surface area contributed by atoms with E-state index in [9.17, 15) is 19.3 Å². The lowest BCUT2D eigenvalue weighted by atomic mass is 10.3. The lowest BCUT2D eigenvalue weighted by molar-refractivity contribution is -0.385. The molecule has 0 saturated heterocycles. The Balaban J connectivity index is 1.99. The summed E-state index contributed by atoms with van der Waals surface area (Å²) in [5, 5.41) is 10.6. The van der Waals surface area contributed by atoms with Crippen molar-refractivity contribution in [1.29, 1.82) is 0 Å². The molecule has 2 rings (SSSR count). The molecule has 0 saturated carbocycles. The van der Waals surface area contributed by atoms with E-state index < -0.39 is 10.7 Å². The zero-order valence-corrected chi connectivity index (χ0v) is 13.5. The van der Waals surface area contributed by atoms with Crippen molar-refractivity contribution in [3.05, 3.63) is 58.4 Å². The molecule has 0 amide bonds. The van der Waals surface area contributed by atoms with E-state index in [1.165, 1.54) is 6.07 Å². The number of hydrogen-bond donors (Lipinski definition) is 0. The van der Waals surface area contributed by atoms with Gasteiger partial charge >= 0.3 is 5.97 Å². The third-order valence-electron chi connectivity index (χ3n) is 2.86. The predicted molar refractivity (Wildman–Crippen MR) is 86.4 cm³/mol. The van der Waals surface area contributed by atoms with Crippen molar-refractivity contribution in [3.63, 3.8) is 0 Å². The smallest absolute Gasteiger partial charge is 0.318 e. The molecule has 0 aromatic heterocycles. The van der Waals surface area contributed by atoms with Crippen LogP contribution in [0.2, 0.25) is 0 Å². The van der Waals surface area contributed by atoms with Crippen LogP contribution in [0.4, 0.5) is 10.1 Å². The summed E-state index contributed by atoms with van der Waals surface area (Å²) in [5.74, 6) is -0.880. The molecule has 0 N–H and O–H groups in total. The first-order valence-corrected chi connectivity index (χ1v) is 7.83. The van der Waals surface area contributed by atoms with Crippen molar-refractivity contribution in [2.24, 2.45) is 0 Å². The van der Waals surface area contributed by atoms with Gasteiger partial charge in [-0.25, -0.2) is 4.39 Å². The highest BCUT2D eigenvalue weighted by Gasteiger charge is 2.12. The Morgan fingerprint density at radius 2 is 1.96 bits per heavy atom. The molecule has 0 atom stereocenters. The van der Waals surface area contributed by atoms with Crippen LogP contribution < -0.4 is 4.74 Å². The predicted octanol–water partition coefficient (Wildman–Crippen LogP) is 4.88. The summed E-state index contributed by atoms with van der Waals surface area (Å²) in [6.45, 7) is 1.88. The molecule has 2 aromatic carbocycles. The van der Waals surface area contributed by atoms with Gasteiger partial charge in [-0.3, -0.25) is 14.9 Å². The molecule has 24 heavy (non-hydrogen) atoms. The minimum Gasteiger partial charge on any atom is -0.454 e. The second-order valence-electron chi connectivity index (χ2n) is 4.73. The fourth-order valence-corrected chi connectivity index (χ4v) is 2.24. The van der Waals surface area contributed by atoms with Crippen LogP contribution in [0, 0.1) is 15.9 Å². The SMILES string of the molecule is CCCC(=O)OSc1ccc(Oc2ccc([N+](=O)[O-])cc2F)cc1. The van der Waals surface area contributed by atoms with E-state index in [0.717, 1.165) is 24.2 Å². The van der Waals surface area contributed by atoms with Gasteiger partial charge in [-0.2, -0.15) is 0 Å². The molecule has 8 heteroatoms. The highest BCUT2D eigenvalue weighted by Crippen LogP contribution is 2.29. The molecule has 0 heterocycles. The average molecular weight is 351 g/mol. The topological polar surface area (TPSA) is 78.7 Å². The van der Waals surface area contributed by atoms with Crippen molar-refractivity contribution in [3.8, 4) is 11.5 Å². The van der Waals surface area contributed by atoms with Gasteiger partial charge in [-0.1, -0.05) is 6.92 Å². The molecule has 6 nitrogen and oxygen atoms in total. The first kappa shape index (κ1) is 17.7. The molecule has 0 bridgehead atoms. The molecular weight excluding hydrogens is 337 g/mol. The first-order valence-electron chi connectivity index (χ1n) is 7.09. The van der Waals surface area contributed by atoms with Crippen LogP contribution in [0.5, 0.6) is 11.5 Å². The van der Waals surface area contributed by atoms with Crippen LogP contribution in [0.15, 0.2) is 47.4 Å². The molecule has 0 spiro atoms. The number of non-ortho nitro benzene ring substituents is 1. The number of nitro benzene ring substituents is 1. The van der Waals surface area contributed by atoms with Gasteiger partial charge in [0.2, 0.25) is 0 Å². The van der Waals surface area contributed by atoms with Gasteiger partial charge in [0.15, 0.2) is 11.6 Å². The van der Waals surface area contributed by atoms with E-state index in [4.69, 9.17) is 8.92 Å². The molecular formula is C16H14FNO5S. The van der Waals surface area contributed by atoms with Crippen LogP contribution in [-0.2, 0) is 8.98 Å². The average Bonchev–Trinajstić information content (AvgIpc) is 2.56. The van der Waals surface area contributed by atoms with Gasteiger partial charge < -0.3 is 8.92 Å². The normalized spacial score (nSPS) is 10.2. The zero-order valence-electron chi connectivity index (χ0n) is 12.7. The molecule has 0 fully saturated rings. The number of nitrogens with zero attached hydrogens (tertiary/aromatic N) is 1. The summed E-state index contributed by atoms with van der Waals surface area (Å²) in [5.41, 5.74) is -0.347. The van der Waals surface area contributed by atoms with E-state index in [2.05, 4.69) is 0 Å². The first-order chi connectivity index (χ1) is 11.5. The standard InChI is InChI=1S/C16H14FNO5S/c1-2-3-16(19)23-24-13-7-5-12(6-8-13)22-15-9-4-11(18(20)21)10-14(15)17/h4-10H,2-3H2,1H3. The summed E-state index contributed by atoms with van der Waals surface area (Å²) < 4.78 is 24.1. The molecule has 0 aliphatic heterocycles. The molecule has 0 aliphatic carbocycles. The van der Waals surface area contributed by atoms with Gasteiger partial charge in [0, 0.05) is 17.4 Å². The van der Waals surface area contributed by atoms with Gasteiger partial charge in [-0.05, 0) is 36.8 Å². The second-order valence-corrected chi connectivity index (χ2v) is 5.54. The number of ether oxygens (including phenoxy) is 1. The van der Waals surface area contributed by atoms with Gasteiger partial charge in [0.05, 0.1) is 23.0 Å². The third kappa shape index (κ3) is 4.95. The van der Waals surface area contributed by atoms with Gasteiger partial charge in [-0.15, -0.1) is 0 Å². The van der Waals surface area contributed by atoms with Crippen LogP contribution >= 0.6 is 12.0 Å². The number of nitro groups is 1. The third-order valence-corrected chi connectivity index (χ3v) is 3.60. The summed E-state index contributed by atoms with van der Waals surface area (Å²) in [7, 11) is 0. The fourth-order valence-electron chi connectivity index (χ4n) is 1.72. The Morgan fingerprint density at radius 3 is 2.54 bits per heavy atom. The Hall–Kier alpha value is -2.61. The highest BCUT2D eigenvalue weighted by molar-refractivity contribution is 7.95.